The second-order valence-corrected chi connectivity index (χ2v) is 6.23. The van der Waals surface area contributed by atoms with Gasteiger partial charge < -0.3 is 21.6 Å². The minimum Gasteiger partial charge on any atom is -0.508 e. The first-order valence-corrected chi connectivity index (χ1v) is 8.10. The van der Waals surface area contributed by atoms with E-state index >= 15 is 0 Å². The van der Waals surface area contributed by atoms with Gasteiger partial charge in [0.15, 0.2) is 0 Å². The zero-order chi connectivity index (χ0) is 16.2. The maximum atomic E-state index is 9.45. The average Bonchev–Trinajstić information content (AvgIpc) is 2.56. The molecule has 1 heterocycles. The first-order valence-electron chi connectivity index (χ1n) is 8.10. The molecule has 23 heavy (non-hydrogen) atoms. The van der Waals surface area contributed by atoms with Crippen LogP contribution < -0.4 is 11.1 Å². The van der Waals surface area contributed by atoms with Gasteiger partial charge in [0.2, 0.25) is 0 Å². The fourth-order valence-electron chi connectivity index (χ4n) is 3.30. The Bertz CT molecular complexity index is 689. The summed E-state index contributed by atoms with van der Waals surface area (Å²) in [4.78, 5) is 0. The number of hydrogen-bond acceptors (Lipinski definition) is 4. The van der Waals surface area contributed by atoms with Crippen LogP contribution in [0.5, 0.6) is 5.75 Å². The monoisotopic (exact) mass is 309 g/mol. The number of hydrogen-bond donors (Lipinski definition) is 4. The van der Waals surface area contributed by atoms with E-state index in [1.165, 1.54) is 19.1 Å². The van der Waals surface area contributed by atoms with Crippen molar-refractivity contribution in [3.05, 3.63) is 47.5 Å². The van der Waals surface area contributed by atoms with E-state index in [-0.39, 0.29) is 5.75 Å². The van der Waals surface area contributed by atoms with Crippen molar-refractivity contribution in [1.82, 2.24) is 5.32 Å². The lowest BCUT2D eigenvalue weighted by atomic mass is 9.87. The summed E-state index contributed by atoms with van der Waals surface area (Å²) in [5, 5.41) is 20.5. The van der Waals surface area contributed by atoms with E-state index in [2.05, 4.69) is 11.4 Å². The van der Waals surface area contributed by atoms with Gasteiger partial charge in [-0.1, -0.05) is 18.2 Å². The highest BCUT2D eigenvalue weighted by Gasteiger charge is 2.17. The van der Waals surface area contributed by atoms with Crippen LogP contribution in [0.25, 0.3) is 11.1 Å². The molecule has 2 aromatic carbocycles. The molecule has 1 fully saturated rings. The molecule has 0 unspecified atom stereocenters. The molecule has 0 spiro atoms. The molecular formula is C19H23N3O. The number of phenols is 1. The first kappa shape index (κ1) is 15.6. The quantitative estimate of drug-likeness (QED) is 0.517. The van der Waals surface area contributed by atoms with Crippen LogP contribution in [0.4, 0.5) is 5.69 Å². The van der Waals surface area contributed by atoms with Crippen molar-refractivity contribution < 1.29 is 5.11 Å². The van der Waals surface area contributed by atoms with Gasteiger partial charge in [-0.25, -0.2) is 0 Å². The van der Waals surface area contributed by atoms with E-state index < -0.39 is 0 Å². The molecule has 0 radical (unpaired) electrons. The normalized spacial score (nSPS) is 15.5. The Hall–Kier alpha value is -2.33. The second kappa shape index (κ2) is 6.84. The lowest BCUT2D eigenvalue weighted by molar-refractivity contribution is 0.372. The number of nitrogens with two attached hydrogens (primary N) is 1. The molecule has 0 amide bonds. The minimum atomic E-state index is 0.257. The third kappa shape index (κ3) is 3.54. The van der Waals surface area contributed by atoms with Crippen molar-refractivity contribution in [3.63, 3.8) is 0 Å². The van der Waals surface area contributed by atoms with Crippen LogP contribution in [0.3, 0.4) is 0 Å². The summed E-state index contributed by atoms with van der Waals surface area (Å²) in [7, 11) is 0. The SMILES string of the molecule is N=Cc1c(N)cc(-c2ccc(O)cc2)cc1CC1CCNCC1. The van der Waals surface area contributed by atoms with Crippen LogP contribution in [0.2, 0.25) is 0 Å². The molecule has 0 aromatic heterocycles. The van der Waals surface area contributed by atoms with E-state index in [0.29, 0.717) is 11.6 Å². The van der Waals surface area contributed by atoms with Crippen molar-refractivity contribution in [3.8, 4) is 16.9 Å². The molecule has 0 saturated carbocycles. The van der Waals surface area contributed by atoms with Gasteiger partial charge in [-0.2, -0.15) is 0 Å². The van der Waals surface area contributed by atoms with Crippen molar-refractivity contribution in [1.29, 1.82) is 5.41 Å². The first-order chi connectivity index (χ1) is 11.2. The Balaban J connectivity index is 1.95. The molecule has 4 heteroatoms. The molecule has 3 rings (SSSR count). The summed E-state index contributed by atoms with van der Waals surface area (Å²) in [6.07, 6.45) is 4.66. The Labute approximate surface area is 136 Å². The van der Waals surface area contributed by atoms with Gasteiger partial charge in [-0.15, -0.1) is 0 Å². The van der Waals surface area contributed by atoms with Gasteiger partial charge in [0.25, 0.3) is 0 Å². The van der Waals surface area contributed by atoms with E-state index in [0.717, 1.165) is 41.8 Å². The number of benzene rings is 2. The lowest BCUT2D eigenvalue weighted by Crippen LogP contribution is -2.28. The molecule has 1 saturated heterocycles. The number of nitrogen functional groups attached to an aromatic ring is 1. The van der Waals surface area contributed by atoms with Gasteiger partial charge in [0.1, 0.15) is 5.75 Å². The van der Waals surface area contributed by atoms with Crippen molar-refractivity contribution in [2.24, 2.45) is 5.92 Å². The van der Waals surface area contributed by atoms with E-state index in [1.54, 1.807) is 12.1 Å². The Morgan fingerprint density at radius 2 is 1.83 bits per heavy atom. The summed E-state index contributed by atoms with van der Waals surface area (Å²) in [5.74, 6) is 0.900. The van der Waals surface area contributed by atoms with Gasteiger partial charge in [-0.05, 0) is 73.2 Å². The van der Waals surface area contributed by atoms with Crippen molar-refractivity contribution >= 4 is 11.9 Å². The Kier molecular flexibility index (Phi) is 4.63. The number of anilines is 1. The smallest absolute Gasteiger partial charge is 0.115 e. The number of piperidine rings is 1. The summed E-state index contributed by atoms with van der Waals surface area (Å²) >= 11 is 0. The predicted molar refractivity (Wildman–Crippen MR) is 95.1 cm³/mol. The maximum absolute atomic E-state index is 9.45. The topological polar surface area (TPSA) is 82.1 Å². The predicted octanol–water partition coefficient (Wildman–Crippen LogP) is 3.18. The highest BCUT2D eigenvalue weighted by atomic mass is 16.3. The molecule has 5 N–H and O–H groups in total. The zero-order valence-corrected chi connectivity index (χ0v) is 13.2. The van der Waals surface area contributed by atoms with Gasteiger partial charge in [0.05, 0.1) is 0 Å². The van der Waals surface area contributed by atoms with Crippen LogP contribution >= 0.6 is 0 Å². The standard InChI is InChI=1S/C19H23N3O/c20-12-18-16(9-13-5-7-22-8-6-13)10-15(11-19(18)21)14-1-3-17(23)4-2-14/h1-4,10-13,20,22-23H,5-9,21H2. The highest BCUT2D eigenvalue weighted by molar-refractivity contribution is 5.89. The van der Waals surface area contributed by atoms with Gasteiger partial charge >= 0.3 is 0 Å². The summed E-state index contributed by atoms with van der Waals surface area (Å²) in [6, 6.07) is 11.2. The second-order valence-electron chi connectivity index (χ2n) is 6.23. The molecule has 0 atom stereocenters. The molecular weight excluding hydrogens is 286 g/mol. The Morgan fingerprint density at radius 1 is 1.13 bits per heavy atom. The fourth-order valence-corrected chi connectivity index (χ4v) is 3.30. The zero-order valence-electron chi connectivity index (χ0n) is 13.2. The molecule has 2 aromatic rings. The summed E-state index contributed by atoms with van der Waals surface area (Å²) in [6.45, 7) is 2.13. The van der Waals surface area contributed by atoms with Crippen LogP contribution in [-0.2, 0) is 6.42 Å². The molecule has 1 aliphatic heterocycles. The number of rotatable bonds is 4. The average molecular weight is 309 g/mol. The summed E-state index contributed by atoms with van der Waals surface area (Å²) in [5.41, 5.74) is 10.9. The lowest BCUT2D eigenvalue weighted by Gasteiger charge is -2.24. The molecule has 0 aliphatic carbocycles. The molecule has 0 bridgehead atoms. The fraction of sp³-hybridized carbons (Fsp3) is 0.316. The maximum Gasteiger partial charge on any atom is 0.115 e. The molecule has 120 valence electrons. The largest absolute Gasteiger partial charge is 0.508 e. The Morgan fingerprint density at radius 3 is 2.48 bits per heavy atom. The third-order valence-electron chi connectivity index (χ3n) is 4.61. The van der Waals surface area contributed by atoms with Crippen LogP contribution in [-0.4, -0.2) is 24.4 Å². The number of nitrogens with one attached hydrogen (secondary N) is 2. The molecule has 1 aliphatic rings. The van der Waals surface area contributed by atoms with Crippen LogP contribution in [0, 0.1) is 11.3 Å². The van der Waals surface area contributed by atoms with Crippen LogP contribution in [0.15, 0.2) is 36.4 Å². The third-order valence-corrected chi connectivity index (χ3v) is 4.61. The van der Waals surface area contributed by atoms with Gasteiger partial charge in [-0.3, -0.25) is 0 Å². The van der Waals surface area contributed by atoms with Gasteiger partial charge in [0, 0.05) is 17.5 Å². The number of aromatic hydroxyl groups is 1. The van der Waals surface area contributed by atoms with E-state index in [4.69, 9.17) is 11.1 Å². The van der Waals surface area contributed by atoms with E-state index in [1.807, 2.05) is 18.2 Å². The number of phenolic OH excluding ortho intramolecular Hbond substituents is 1. The summed E-state index contributed by atoms with van der Waals surface area (Å²) < 4.78 is 0. The molecule has 4 nitrogen and oxygen atoms in total. The van der Waals surface area contributed by atoms with Crippen molar-refractivity contribution in [2.75, 3.05) is 18.8 Å². The van der Waals surface area contributed by atoms with Crippen LogP contribution in [0.1, 0.15) is 24.0 Å². The van der Waals surface area contributed by atoms with E-state index in [9.17, 15) is 5.11 Å². The highest BCUT2D eigenvalue weighted by Crippen LogP contribution is 2.30. The minimum absolute atomic E-state index is 0.257. The van der Waals surface area contributed by atoms with Crippen molar-refractivity contribution in [2.45, 2.75) is 19.3 Å².